The molecule has 1 N–H and O–H groups in total. The van der Waals surface area contributed by atoms with E-state index in [-0.39, 0.29) is 6.54 Å². The molecule has 0 spiro atoms. The number of carboxylic acid groups (broad SMARTS) is 1. The van der Waals surface area contributed by atoms with Crippen LogP contribution in [0.15, 0.2) is 34.7 Å². The van der Waals surface area contributed by atoms with Crippen molar-refractivity contribution in [2.75, 3.05) is 0 Å². The summed E-state index contributed by atoms with van der Waals surface area (Å²) in [6, 6.07) is 9.24. The SMILES string of the molecule is O=C(O)Cn1nnnc1-c1cc2ccccc2o1. The fraction of sp³-hybridized carbons (Fsp3) is 0.0909. The topological polar surface area (TPSA) is 94.0 Å². The molecule has 18 heavy (non-hydrogen) atoms. The number of para-hydroxylation sites is 1. The van der Waals surface area contributed by atoms with E-state index in [0.717, 1.165) is 5.39 Å². The Morgan fingerprint density at radius 3 is 3.00 bits per heavy atom. The quantitative estimate of drug-likeness (QED) is 0.743. The number of tetrazole rings is 1. The molecule has 0 atom stereocenters. The first kappa shape index (κ1) is 10.5. The fourth-order valence-corrected chi connectivity index (χ4v) is 1.71. The van der Waals surface area contributed by atoms with Crippen molar-refractivity contribution in [1.82, 2.24) is 20.2 Å². The van der Waals surface area contributed by atoms with E-state index >= 15 is 0 Å². The number of nitrogens with zero attached hydrogens (tertiary/aromatic N) is 4. The van der Waals surface area contributed by atoms with Gasteiger partial charge in [-0.15, -0.1) is 5.10 Å². The van der Waals surface area contributed by atoms with Crippen molar-refractivity contribution in [2.45, 2.75) is 6.54 Å². The van der Waals surface area contributed by atoms with Crippen LogP contribution in [-0.2, 0) is 11.3 Å². The molecule has 0 radical (unpaired) electrons. The molecule has 0 aliphatic carbocycles. The predicted molar refractivity (Wildman–Crippen MR) is 60.7 cm³/mol. The minimum atomic E-state index is -1.01. The molecule has 7 heteroatoms. The number of rotatable bonds is 3. The van der Waals surface area contributed by atoms with E-state index in [2.05, 4.69) is 15.5 Å². The van der Waals surface area contributed by atoms with E-state index in [1.807, 2.05) is 24.3 Å². The summed E-state index contributed by atoms with van der Waals surface area (Å²) in [5.74, 6) is -0.268. The van der Waals surface area contributed by atoms with E-state index < -0.39 is 5.97 Å². The van der Waals surface area contributed by atoms with Crippen LogP contribution in [0, 0.1) is 0 Å². The fourth-order valence-electron chi connectivity index (χ4n) is 1.71. The van der Waals surface area contributed by atoms with Gasteiger partial charge in [0.25, 0.3) is 0 Å². The van der Waals surface area contributed by atoms with Crippen molar-refractivity contribution in [2.24, 2.45) is 0 Å². The molecule has 0 amide bonds. The third-order valence-electron chi connectivity index (χ3n) is 2.46. The summed E-state index contributed by atoms with van der Waals surface area (Å²) in [5, 5.41) is 20.5. The van der Waals surface area contributed by atoms with Gasteiger partial charge in [-0.1, -0.05) is 18.2 Å². The Labute approximate surface area is 101 Å². The lowest BCUT2D eigenvalue weighted by Crippen LogP contribution is -2.11. The molecule has 90 valence electrons. The zero-order valence-corrected chi connectivity index (χ0v) is 9.15. The molecular weight excluding hydrogens is 236 g/mol. The number of hydrogen-bond acceptors (Lipinski definition) is 5. The summed E-state index contributed by atoms with van der Waals surface area (Å²) in [4.78, 5) is 10.7. The minimum Gasteiger partial charge on any atom is -0.480 e. The largest absolute Gasteiger partial charge is 0.480 e. The molecule has 3 rings (SSSR count). The van der Waals surface area contributed by atoms with Crippen molar-refractivity contribution in [3.05, 3.63) is 30.3 Å². The second-order valence-corrected chi connectivity index (χ2v) is 3.70. The number of carboxylic acids is 1. The summed E-state index contributed by atoms with van der Waals surface area (Å²) in [5.41, 5.74) is 0.706. The van der Waals surface area contributed by atoms with Crippen molar-refractivity contribution < 1.29 is 14.3 Å². The number of fused-ring (bicyclic) bond motifs is 1. The Hall–Kier alpha value is -2.70. The number of benzene rings is 1. The van der Waals surface area contributed by atoms with Gasteiger partial charge < -0.3 is 9.52 Å². The lowest BCUT2D eigenvalue weighted by atomic mass is 10.2. The zero-order valence-electron chi connectivity index (χ0n) is 9.15. The van der Waals surface area contributed by atoms with Crippen LogP contribution >= 0.6 is 0 Å². The van der Waals surface area contributed by atoms with Gasteiger partial charge in [0.15, 0.2) is 5.76 Å². The number of aromatic nitrogens is 4. The van der Waals surface area contributed by atoms with Crippen molar-refractivity contribution in [3.8, 4) is 11.6 Å². The van der Waals surface area contributed by atoms with Crippen molar-refractivity contribution in [3.63, 3.8) is 0 Å². The van der Waals surface area contributed by atoms with Crippen molar-refractivity contribution in [1.29, 1.82) is 0 Å². The van der Waals surface area contributed by atoms with Crippen LogP contribution in [-0.4, -0.2) is 31.3 Å². The molecule has 2 aromatic heterocycles. The highest BCUT2D eigenvalue weighted by Gasteiger charge is 2.15. The molecule has 1 aromatic carbocycles. The number of hydrogen-bond donors (Lipinski definition) is 1. The maximum atomic E-state index is 10.7. The van der Waals surface area contributed by atoms with Crippen LogP contribution in [0.1, 0.15) is 0 Å². The van der Waals surface area contributed by atoms with Crippen LogP contribution < -0.4 is 0 Å². The van der Waals surface area contributed by atoms with E-state index in [0.29, 0.717) is 17.2 Å². The van der Waals surface area contributed by atoms with Crippen molar-refractivity contribution >= 4 is 16.9 Å². The summed E-state index contributed by atoms with van der Waals surface area (Å²) in [6.45, 7) is -0.306. The van der Waals surface area contributed by atoms with Gasteiger partial charge in [-0.2, -0.15) is 0 Å². The number of furan rings is 1. The normalized spacial score (nSPS) is 10.9. The molecule has 0 fully saturated rings. The molecule has 0 unspecified atom stereocenters. The van der Waals surface area contributed by atoms with Crippen LogP contribution in [0.2, 0.25) is 0 Å². The summed E-state index contributed by atoms with van der Waals surface area (Å²) < 4.78 is 6.76. The van der Waals surface area contributed by atoms with Crippen LogP contribution in [0.5, 0.6) is 0 Å². The first-order valence-corrected chi connectivity index (χ1v) is 5.21. The third-order valence-corrected chi connectivity index (χ3v) is 2.46. The third kappa shape index (κ3) is 1.71. The van der Waals surface area contributed by atoms with Gasteiger partial charge in [-0.25, -0.2) is 4.68 Å². The molecule has 0 aliphatic rings. The van der Waals surface area contributed by atoms with Gasteiger partial charge in [0.2, 0.25) is 5.82 Å². The first-order chi connectivity index (χ1) is 8.74. The lowest BCUT2D eigenvalue weighted by Gasteiger charge is -1.97. The molecule has 7 nitrogen and oxygen atoms in total. The highest BCUT2D eigenvalue weighted by atomic mass is 16.4. The zero-order chi connectivity index (χ0) is 12.5. The van der Waals surface area contributed by atoms with Gasteiger partial charge >= 0.3 is 5.97 Å². The maximum Gasteiger partial charge on any atom is 0.325 e. The number of carbonyl (C=O) groups is 1. The Bertz CT molecular complexity index is 683. The summed E-state index contributed by atoms with van der Waals surface area (Å²) in [7, 11) is 0. The lowest BCUT2D eigenvalue weighted by molar-refractivity contribution is -0.137. The van der Waals surface area contributed by atoms with Crippen LogP contribution in [0.3, 0.4) is 0 Å². The average molecular weight is 244 g/mol. The van der Waals surface area contributed by atoms with E-state index in [1.165, 1.54) is 4.68 Å². The smallest absolute Gasteiger partial charge is 0.325 e. The van der Waals surface area contributed by atoms with E-state index in [1.54, 1.807) is 6.07 Å². The van der Waals surface area contributed by atoms with Gasteiger partial charge in [-0.3, -0.25) is 4.79 Å². The Morgan fingerprint density at radius 1 is 1.39 bits per heavy atom. The highest BCUT2D eigenvalue weighted by Crippen LogP contribution is 2.25. The van der Waals surface area contributed by atoms with Crippen LogP contribution in [0.4, 0.5) is 0 Å². The standard InChI is InChI=1S/C11H8N4O3/c16-10(17)6-15-11(12-13-14-15)9-5-7-3-1-2-4-8(7)18-9/h1-5H,6H2,(H,16,17). The van der Waals surface area contributed by atoms with Gasteiger partial charge in [0.1, 0.15) is 12.1 Å². The second kappa shape index (κ2) is 3.95. The predicted octanol–water partition coefficient (Wildman–Crippen LogP) is 1.17. The molecular formula is C11H8N4O3. The molecule has 0 saturated heterocycles. The highest BCUT2D eigenvalue weighted by molar-refractivity contribution is 5.81. The molecule has 2 heterocycles. The van der Waals surface area contributed by atoms with Gasteiger partial charge in [0.05, 0.1) is 0 Å². The number of aliphatic carboxylic acids is 1. The van der Waals surface area contributed by atoms with E-state index in [4.69, 9.17) is 9.52 Å². The summed E-state index contributed by atoms with van der Waals surface area (Å²) in [6.07, 6.45) is 0. The van der Waals surface area contributed by atoms with Gasteiger partial charge in [0, 0.05) is 5.39 Å². The Morgan fingerprint density at radius 2 is 2.22 bits per heavy atom. The van der Waals surface area contributed by atoms with Crippen LogP contribution in [0.25, 0.3) is 22.6 Å². The molecule has 0 bridgehead atoms. The average Bonchev–Trinajstić information content (AvgIpc) is 2.93. The maximum absolute atomic E-state index is 10.7. The second-order valence-electron chi connectivity index (χ2n) is 3.70. The minimum absolute atomic E-state index is 0.300. The first-order valence-electron chi connectivity index (χ1n) is 5.21. The Kier molecular flexibility index (Phi) is 2.30. The Balaban J connectivity index is 2.08. The molecule has 0 saturated carbocycles. The molecule has 0 aliphatic heterocycles. The summed E-state index contributed by atoms with van der Waals surface area (Å²) >= 11 is 0. The monoisotopic (exact) mass is 244 g/mol. The van der Waals surface area contributed by atoms with Gasteiger partial charge in [-0.05, 0) is 22.6 Å². The molecule has 3 aromatic rings. The van der Waals surface area contributed by atoms with E-state index in [9.17, 15) is 4.79 Å².